The highest BCUT2D eigenvalue weighted by Crippen LogP contribution is 2.53. The molecule has 0 saturated carbocycles. The van der Waals surface area contributed by atoms with E-state index in [-0.39, 0.29) is 10.6 Å². The molecule has 0 amide bonds. The van der Waals surface area contributed by atoms with Crippen molar-refractivity contribution in [3.8, 4) is 0 Å². The molecule has 1 heterocycles. The van der Waals surface area contributed by atoms with Gasteiger partial charge in [-0.25, -0.2) is 0 Å². The molecule has 0 radical (unpaired) electrons. The predicted octanol–water partition coefficient (Wildman–Crippen LogP) is 6.85. The van der Waals surface area contributed by atoms with Crippen molar-refractivity contribution in [1.82, 2.24) is 5.09 Å². The summed E-state index contributed by atoms with van der Waals surface area (Å²) in [6.45, 7) is 8.12. The van der Waals surface area contributed by atoms with Crippen LogP contribution in [0.2, 0.25) is 0 Å². The van der Waals surface area contributed by atoms with Crippen LogP contribution >= 0.6 is 7.29 Å². The first-order chi connectivity index (χ1) is 17.9. The fourth-order valence-corrected chi connectivity index (χ4v) is 6.34. The van der Waals surface area contributed by atoms with Crippen molar-refractivity contribution < 1.29 is 18.7 Å². The second kappa shape index (κ2) is 11.7. The number of nitrogens with zero attached hydrogens (tertiary/aromatic N) is 2. The SMILES string of the molecule is CC[N+](CC)(CCNP1(=O)C=C(c2ccccc2)OC(c2ccccc2)=C1)Cc1ccc([N+](=O)[O-])cc1. The number of non-ortho nitro benzene ring substituents is 1. The number of rotatable bonds is 11. The van der Waals surface area contributed by atoms with Crippen molar-refractivity contribution in [2.24, 2.45) is 0 Å². The zero-order valence-electron chi connectivity index (χ0n) is 21.2. The summed E-state index contributed by atoms with van der Waals surface area (Å²) in [6.07, 6.45) is 0. The average molecular weight is 519 g/mol. The minimum Gasteiger partial charge on any atom is -0.456 e. The zero-order chi connectivity index (χ0) is 26.3. The lowest BCUT2D eigenvalue weighted by Gasteiger charge is -2.37. The molecular formula is C29H33N3O4P+. The number of nitrogens with one attached hydrogen (secondary N) is 1. The highest BCUT2D eigenvalue weighted by Gasteiger charge is 2.29. The molecule has 3 aromatic rings. The van der Waals surface area contributed by atoms with E-state index in [1.165, 1.54) is 0 Å². The standard InChI is InChI=1S/C29H33N3O4P/c1-3-32(4-2,21-24-15-17-27(18-16-24)31(33)34)20-19-30-37(35)22-28(25-11-7-5-8-12-25)36-29(23-37)26-13-9-6-10-14-26/h5-18,22-23H,3-4,19-21H2,1-2H3,(H,30,35)/q+1. The summed E-state index contributed by atoms with van der Waals surface area (Å²) in [4.78, 5) is 10.6. The van der Waals surface area contributed by atoms with E-state index in [9.17, 15) is 14.7 Å². The van der Waals surface area contributed by atoms with E-state index in [1.54, 1.807) is 23.8 Å². The summed E-state index contributed by atoms with van der Waals surface area (Å²) in [7, 11) is -3.05. The van der Waals surface area contributed by atoms with Gasteiger partial charge in [-0.3, -0.25) is 19.8 Å². The number of hydrogen-bond donors (Lipinski definition) is 1. The van der Waals surface area contributed by atoms with Crippen molar-refractivity contribution in [1.29, 1.82) is 0 Å². The minimum atomic E-state index is -3.05. The van der Waals surface area contributed by atoms with Crippen LogP contribution in [-0.2, 0) is 15.8 Å². The third-order valence-electron chi connectivity index (χ3n) is 6.91. The summed E-state index contributed by atoms with van der Waals surface area (Å²) in [6, 6.07) is 26.2. The van der Waals surface area contributed by atoms with Gasteiger partial charge in [0.25, 0.3) is 5.69 Å². The molecule has 0 bridgehead atoms. The summed E-state index contributed by atoms with van der Waals surface area (Å²) >= 11 is 0. The van der Waals surface area contributed by atoms with Crippen LogP contribution in [0.1, 0.15) is 30.5 Å². The van der Waals surface area contributed by atoms with Crippen LogP contribution in [0.5, 0.6) is 0 Å². The fraction of sp³-hybridized carbons (Fsp3) is 0.241. The average Bonchev–Trinajstić information content (AvgIpc) is 2.93. The van der Waals surface area contributed by atoms with Gasteiger partial charge in [-0.15, -0.1) is 0 Å². The van der Waals surface area contributed by atoms with Crippen molar-refractivity contribution in [3.63, 3.8) is 0 Å². The third-order valence-corrected chi connectivity index (χ3v) is 8.86. The Bertz CT molecular complexity index is 1260. The van der Waals surface area contributed by atoms with Crippen LogP contribution in [0.15, 0.2) is 96.6 Å². The lowest BCUT2D eigenvalue weighted by Crippen LogP contribution is -2.50. The first-order valence-electron chi connectivity index (χ1n) is 12.5. The number of ether oxygens (including phenoxy) is 1. The molecule has 8 heteroatoms. The largest absolute Gasteiger partial charge is 0.456 e. The second-order valence-electron chi connectivity index (χ2n) is 9.22. The maximum Gasteiger partial charge on any atom is 0.269 e. The van der Waals surface area contributed by atoms with Crippen LogP contribution in [0, 0.1) is 10.1 Å². The number of benzene rings is 3. The van der Waals surface area contributed by atoms with E-state index < -0.39 is 7.29 Å². The van der Waals surface area contributed by atoms with Gasteiger partial charge in [-0.05, 0) is 26.0 Å². The van der Waals surface area contributed by atoms with Crippen LogP contribution in [-0.4, -0.2) is 35.6 Å². The van der Waals surface area contributed by atoms with Crippen LogP contribution < -0.4 is 5.09 Å². The molecule has 192 valence electrons. The molecule has 7 nitrogen and oxygen atoms in total. The van der Waals surface area contributed by atoms with E-state index in [1.807, 2.05) is 72.8 Å². The number of hydrogen-bond acceptors (Lipinski definition) is 4. The van der Waals surface area contributed by atoms with Gasteiger partial charge in [-0.2, -0.15) is 0 Å². The molecule has 0 fully saturated rings. The number of likely N-dealkylation sites (N-methyl/N-ethyl adjacent to an activating group) is 1. The third kappa shape index (κ3) is 6.63. The van der Waals surface area contributed by atoms with Gasteiger partial charge in [0, 0.05) is 40.5 Å². The van der Waals surface area contributed by atoms with Crippen LogP contribution in [0.25, 0.3) is 11.5 Å². The summed E-state index contributed by atoms with van der Waals surface area (Å²) in [5.74, 6) is 4.60. The van der Waals surface area contributed by atoms with Crippen molar-refractivity contribution in [2.45, 2.75) is 20.4 Å². The molecule has 0 spiro atoms. The summed E-state index contributed by atoms with van der Waals surface area (Å²) < 4.78 is 21.1. The summed E-state index contributed by atoms with van der Waals surface area (Å²) in [5, 5.41) is 14.4. The molecule has 37 heavy (non-hydrogen) atoms. The molecule has 0 aromatic heterocycles. The minimum absolute atomic E-state index is 0.0937. The number of nitro groups is 1. The molecule has 0 unspecified atom stereocenters. The molecule has 1 aliphatic heterocycles. The number of nitro benzene ring substituents is 1. The van der Waals surface area contributed by atoms with Gasteiger partial charge < -0.3 is 9.22 Å². The smallest absolute Gasteiger partial charge is 0.269 e. The van der Waals surface area contributed by atoms with Gasteiger partial charge in [0.1, 0.15) is 18.1 Å². The van der Waals surface area contributed by atoms with Crippen LogP contribution in [0.3, 0.4) is 0 Å². The van der Waals surface area contributed by atoms with E-state index in [0.717, 1.165) is 47.4 Å². The Kier molecular flexibility index (Phi) is 8.39. The Morgan fingerprint density at radius 2 is 1.35 bits per heavy atom. The molecular weight excluding hydrogens is 485 g/mol. The highest BCUT2D eigenvalue weighted by molar-refractivity contribution is 7.68. The van der Waals surface area contributed by atoms with Crippen molar-refractivity contribution in [2.75, 3.05) is 26.2 Å². The molecule has 0 atom stereocenters. The van der Waals surface area contributed by atoms with Gasteiger partial charge in [-0.1, -0.05) is 60.7 Å². The molecule has 3 aromatic carbocycles. The normalized spacial score (nSPS) is 14.9. The van der Waals surface area contributed by atoms with E-state index >= 15 is 0 Å². The molecule has 4 rings (SSSR count). The topological polar surface area (TPSA) is 81.5 Å². The quantitative estimate of drug-likeness (QED) is 0.130. The van der Waals surface area contributed by atoms with Crippen molar-refractivity contribution in [3.05, 3.63) is 123 Å². The first kappa shape index (κ1) is 26.6. The van der Waals surface area contributed by atoms with E-state index in [4.69, 9.17) is 4.74 Å². The maximum atomic E-state index is 14.1. The highest BCUT2D eigenvalue weighted by atomic mass is 31.2. The predicted molar refractivity (Wildman–Crippen MR) is 149 cm³/mol. The number of quaternary nitrogens is 1. The van der Waals surface area contributed by atoms with Crippen molar-refractivity contribution >= 4 is 24.5 Å². The Morgan fingerprint density at radius 1 is 0.838 bits per heavy atom. The zero-order valence-corrected chi connectivity index (χ0v) is 22.1. The Morgan fingerprint density at radius 3 is 1.81 bits per heavy atom. The second-order valence-corrected chi connectivity index (χ2v) is 11.5. The lowest BCUT2D eigenvalue weighted by molar-refractivity contribution is -0.936. The van der Waals surface area contributed by atoms with Crippen LogP contribution in [0.4, 0.5) is 5.69 Å². The molecule has 1 aliphatic rings. The van der Waals surface area contributed by atoms with Gasteiger partial charge in [0.05, 0.1) is 31.1 Å². The fourth-order valence-electron chi connectivity index (χ4n) is 4.53. The first-order valence-corrected chi connectivity index (χ1v) is 14.4. The lowest BCUT2D eigenvalue weighted by atomic mass is 10.1. The van der Waals surface area contributed by atoms with Gasteiger partial charge in [0.2, 0.25) is 0 Å². The Balaban J connectivity index is 1.54. The maximum absolute atomic E-state index is 14.1. The summed E-state index contributed by atoms with van der Waals surface area (Å²) in [5.41, 5.74) is 2.88. The molecule has 0 saturated heterocycles. The monoisotopic (exact) mass is 518 g/mol. The van der Waals surface area contributed by atoms with Gasteiger partial charge >= 0.3 is 0 Å². The van der Waals surface area contributed by atoms with Gasteiger partial charge in [0.15, 0.2) is 7.29 Å². The van der Waals surface area contributed by atoms with E-state index in [2.05, 4.69) is 18.9 Å². The Labute approximate surface area is 218 Å². The Hall–Kier alpha value is -3.51. The molecule has 0 aliphatic carbocycles. The van der Waals surface area contributed by atoms with E-state index in [0.29, 0.717) is 18.1 Å². The molecule has 1 N–H and O–H groups in total.